The van der Waals surface area contributed by atoms with Crippen molar-refractivity contribution in [2.24, 2.45) is 10.4 Å². The van der Waals surface area contributed by atoms with Gasteiger partial charge in [-0.2, -0.15) is 0 Å². The summed E-state index contributed by atoms with van der Waals surface area (Å²) in [7, 11) is 1.77. The summed E-state index contributed by atoms with van der Waals surface area (Å²) >= 11 is 0. The van der Waals surface area contributed by atoms with Crippen LogP contribution in [0, 0.1) is 5.41 Å². The molecule has 2 aliphatic rings. The summed E-state index contributed by atoms with van der Waals surface area (Å²) < 4.78 is 0. The third kappa shape index (κ3) is 5.59. The van der Waals surface area contributed by atoms with Gasteiger partial charge in [-0.15, -0.1) is 0 Å². The molecule has 2 N–H and O–H groups in total. The number of aliphatic imine (C=N–C) groups is 1. The molecule has 0 aromatic rings. The Balaban J connectivity index is 1.83. The van der Waals surface area contributed by atoms with Crippen molar-refractivity contribution in [2.45, 2.75) is 46.6 Å². The fourth-order valence-corrected chi connectivity index (χ4v) is 3.79. The third-order valence-electron chi connectivity index (χ3n) is 5.79. The quantitative estimate of drug-likeness (QED) is 0.502. The van der Waals surface area contributed by atoms with E-state index in [4.69, 9.17) is 0 Å². The van der Waals surface area contributed by atoms with Crippen LogP contribution in [0.1, 0.15) is 40.5 Å². The van der Waals surface area contributed by atoms with Crippen LogP contribution >= 0.6 is 0 Å². The second-order valence-corrected chi connectivity index (χ2v) is 8.38. The van der Waals surface area contributed by atoms with Crippen molar-refractivity contribution in [1.82, 2.24) is 25.3 Å². The summed E-state index contributed by atoms with van der Waals surface area (Å²) in [6.07, 6.45) is 2.25. The summed E-state index contributed by atoms with van der Waals surface area (Å²) in [5.41, 5.74) is -0.509. The summed E-state index contributed by atoms with van der Waals surface area (Å²) in [4.78, 5) is 35.7. The van der Waals surface area contributed by atoms with Gasteiger partial charge < -0.3 is 20.4 Å². The van der Waals surface area contributed by atoms with E-state index in [0.29, 0.717) is 13.1 Å². The fourth-order valence-electron chi connectivity index (χ4n) is 3.79. The van der Waals surface area contributed by atoms with Crippen LogP contribution in [-0.4, -0.2) is 97.9 Å². The molecule has 160 valence electrons. The van der Waals surface area contributed by atoms with Crippen LogP contribution in [0.5, 0.6) is 0 Å². The highest BCUT2D eigenvalue weighted by Crippen LogP contribution is 2.15. The maximum Gasteiger partial charge on any atom is 0.239 e. The molecule has 0 saturated carbocycles. The molecular weight excluding hydrogens is 356 g/mol. The van der Waals surface area contributed by atoms with Crippen LogP contribution in [0.25, 0.3) is 0 Å². The fraction of sp³-hybridized carbons (Fsp3) is 0.850. The third-order valence-corrected chi connectivity index (χ3v) is 5.79. The number of amides is 2. The Morgan fingerprint density at radius 3 is 2.14 bits per heavy atom. The number of hydrogen-bond acceptors (Lipinski definition) is 4. The molecule has 8 nitrogen and oxygen atoms in total. The number of hydrogen-bond donors (Lipinski definition) is 2. The van der Waals surface area contributed by atoms with E-state index in [-0.39, 0.29) is 17.9 Å². The zero-order valence-corrected chi connectivity index (χ0v) is 18.3. The first-order valence-corrected chi connectivity index (χ1v) is 10.6. The minimum atomic E-state index is -0.509. The number of nitrogens with one attached hydrogen (secondary N) is 2. The van der Waals surface area contributed by atoms with Crippen molar-refractivity contribution in [3.8, 4) is 0 Å². The monoisotopic (exact) mass is 394 g/mol. The summed E-state index contributed by atoms with van der Waals surface area (Å²) in [5.74, 6) is 1.12. The second kappa shape index (κ2) is 10.1. The van der Waals surface area contributed by atoms with Crippen LogP contribution in [0.4, 0.5) is 0 Å². The topological polar surface area (TPSA) is 80.3 Å². The van der Waals surface area contributed by atoms with Crippen molar-refractivity contribution >= 4 is 17.8 Å². The first-order chi connectivity index (χ1) is 13.3. The van der Waals surface area contributed by atoms with Crippen LogP contribution in [-0.2, 0) is 9.59 Å². The van der Waals surface area contributed by atoms with E-state index in [2.05, 4.69) is 25.4 Å². The van der Waals surface area contributed by atoms with Crippen molar-refractivity contribution in [1.29, 1.82) is 0 Å². The number of carbonyl (C=O) groups excluding carboxylic acids is 2. The number of rotatable bonds is 6. The van der Waals surface area contributed by atoms with Crippen LogP contribution in [0.3, 0.4) is 0 Å². The van der Waals surface area contributed by atoms with E-state index in [1.807, 2.05) is 32.6 Å². The predicted molar refractivity (Wildman–Crippen MR) is 112 cm³/mol. The molecule has 2 saturated heterocycles. The van der Waals surface area contributed by atoms with Gasteiger partial charge in [0.05, 0.1) is 11.5 Å². The number of piperazine rings is 1. The molecular formula is C20H38N6O2. The number of likely N-dealkylation sites (tertiary alicyclic amines) is 1. The van der Waals surface area contributed by atoms with Gasteiger partial charge in [-0.05, 0) is 40.5 Å². The average Bonchev–Trinajstić information content (AvgIpc) is 3.22. The second-order valence-electron chi connectivity index (χ2n) is 8.38. The molecule has 0 aromatic heterocycles. The Morgan fingerprint density at radius 2 is 1.61 bits per heavy atom. The Morgan fingerprint density at radius 1 is 1.00 bits per heavy atom. The Labute approximate surface area is 169 Å². The van der Waals surface area contributed by atoms with E-state index in [1.54, 1.807) is 7.05 Å². The highest BCUT2D eigenvalue weighted by atomic mass is 16.2. The van der Waals surface area contributed by atoms with Crippen molar-refractivity contribution in [3.63, 3.8) is 0 Å². The standard InChI is InChI=1S/C20H38N6O2/c1-6-22-18(28)20(3,4)15-23-19(21-5)26-13-11-24(12-14-26)16(2)17(27)25-9-7-8-10-25/h16H,6-15H2,1-5H3,(H,21,23)(H,22,28). The first-order valence-electron chi connectivity index (χ1n) is 10.6. The Kier molecular flexibility index (Phi) is 8.10. The smallest absolute Gasteiger partial charge is 0.239 e. The molecule has 28 heavy (non-hydrogen) atoms. The van der Waals surface area contributed by atoms with Gasteiger partial charge in [-0.25, -0.2) is 0 Å². The van der Waals surface area contributed by atoms with Gasteiger partial charge in [0.25, 0.3) is 0 Å². The minimum Gasteiger partial charge on any atom is -0.356 e. The molecule has 0 bridgehead atoms. The molecule has 0 aliphatic carbocycles. The highest BCUT2D eigenvalue weighted by molar-refractivity contribution is 5.84. The molecule has 0 aromatic carbocycles. The first kappa shape index (κ1) is 22.5. The summed E-state index contributed by atoms with van der Waals surface area (Å²) in [6.45, 7) is 14.1. The lowest BCUT2D eigenvalue weighted by Crippen LogP contribution is -2.58. The SMILES string of the molecule is CCNC(=O)C(C)(C)CNC(=NC)N1CCN(C(C)C(=O)N2CCCC2)CC1. The molecule has 0 spiro atoms. The maximum atomic E-state index is 12.6. The van der Waals surface area contributed by atoms with Crippen LogP contribution < -0.4 is 10.6 Å². The lowest BCUT2D eigenvalue weighted by atomic mass is 9.92. The van der Waals surface area contributed by atoms with E-state index >= 15 is 0 Å². The average molecular weight is 395 g/mol. The highest BCUT2D eigenvalue weighted by Gasteiger charge is 2.31. The largest absolute Gasteiger partial charge is 0.356 e. The predicted octanol–water partition coefficient (Wildman–Crippen LogP) is 0.353. The lowest BCUT2D eigenvalue weighted by Gasteiger charge is -2.40. The van der Waals surface area contributed by atoms with Crippen LogP contribution in [0.15, 0.2) is 4.99 Å². The van der Waals surface area contributed by atoms with Gasteiger partial charge in [0.15, 0.2) is 5.96 Å². The molecule has 0 radical (unpaired) electrons. The molecule has 2 heterocycles. The molecule has 1 atom stereocenters. The molecule has 8 heteroatoms. The van der Waals surface area contributed by atoms with E-state index in [1.165, 1.54) is 0 Å². The van der Waals surface area contributed by atoms with Gasteiger partial charge in [0.2, 0.25) is 11.8 Å². The van der Waals surface area contributed by atoms with E-state index in [9.17, 15) is 9.59 Å². The zero-order chi connectivity index (χ0) is 20.7. The van der Waals surface area contributed by atoms with E-state index in [0.717, 1.165) is 58.1 Å². The minimum absolute atomic E-state index is 0.0389. The zero-order valence-electron chi connectivity index (χ0n) is 18.3. The van der Waals surface area contributed by atoms with Gasteiger partial charge in [0, 0.05) is 59.4 Å². The number of guanidine groups is 1. The Bertz CT molecular complexity index is 563. The van der Waals surface area contributed by atoms with Gasteiger partial charge >= 0.3 is 0 Å². The normalized spacial score (nSPS) is 20.2. The van der Waals surface area contributed by atoms with Gasteiger partial charge in [-0.1, -0.05) is 0 Å². The summed E-state index contributed by atoms with van der Waals surface area (Å²) in [5, 5.41) is 6.24. The van der Waals surface area contributed by atoms with Crippen molar-refractivity contribution < 1.29 is 9.59 Å². The van der Waals surface area contributed by atoms with Crippen LogP contribution in [0.2, 0.25) is 0 Å². The molecule has 2 fully saturated rings. The van der Waals surface area contributed by atoms with Crippen molar-refractivity contribution in [2.75, 3.05) is 59.4 Å². The van der Waals surface area contributed by atoms with Gasteiger partial charge in [-0.3, -0.25) is 19.5 Å². The molecule has 2 rings (SSSR count). The molecule has 2 aliphatic heterocycles. The van der Waals surface area contributed by atoms with E-state index < -0.39 is 5.41 Å². The van der Waals surface area contributed by atoms with Gasteiger partial charge in [0.1, 0.15) is 0 Å². The maximum absolute atomic E-state index is 12.6. The Hall–Kier alpha value is -1.83. The number of carbonyl (C=O) groups is 2. The molecule has 2 amide bonds. The molecule has 1 unspecified atom stereocenters. The number of nitrogens with zero attached hydrogens (tertiary/aromatic N) is 4. The van der Waals surface area contributed by atoms with Crippen molar-refractivity contribution in [3.05, 3.63) is 0 Å². The lowest BCUT2D eigenvalue weighted by molar-refractivity contribution is -0.135. The summed E-state index contributed by atoms with van der Waals surface area (Å²) in [6, 6.07) is -0.0631.